The molecule has 0 bridgehead atoms. The molecular weight excluding hydrogens is 268 g/mol. The zero-order chi connectivity index (χ0) is 14.4. The fourth-order valence-corrected chi connectivity index (χ4v) is 3.56. The fraction of sp³-hybridized carbons (Fsp3) is 0.562. The summed E-state index contributed by atoms with van der Waals surface area (Å²) < 4.78 is 5.72. The van der Waals surface area contributed by atoms with Gasteiger partial charge in [0.2, 0.25) is 0 Å². The van der Waals surface area contributed by atoms with Crippen LogP contribution in [0.15, 0.2) is 24.3 Å². The molecule has 1 aromatic rings. The Balaban J connectivity index is 1.69. The number of nitrogens with zero attached hydrogens (tertiary/aromatic N) is 2. The van der Waals surface area contributed by atoms with Crippen molar-refractivity contribution in [3.8, 4) is 11.8 Å². The molecule has 3 nitrogen and oxygen atoms in total. The van der Waals surface area contributed by atoms with Gasteiger partial charge in [0.15, 0.2) is 0 Å². The molecule has 1 aliphatic rings. The van der Waals surface area contributed by atoms with Gasteiger partial charge in [-0.3, -0.25) is 4.90 Å². The highest BCUT2D eigenvalue weighted by molar-refractivity contribution is 8.00. The van der Waals surface area contributed by atoms with Crippen LogP contribution in [0.5, 0.6) is 5.75 Å². The summed E-state index contributed by atoms with van der Waals surface area (Å²) in [7, 11) is 0. The molecule has 0 spiro atoms. The second kappa shape index (κ2) is 7.56. The van der Waals surface area contributed by atoms with E-state index in [1.807, 2.05) is 12.1 Å². The van der Waals surface area contributed by atoms with E-state index in [9.17, 15) is 0 Å². The number of hydrogen-bond donors (Lipinski definition) is 0. The van der Waals surface area contributed by atoms with Gasteiger partial charge in [-0.15, -0.1) is 0 Å². The van der Waals surface area contributed by atoms with Crippen LogP contribution in [0, 0.1) is 11.3 Å². The Labute approximate surface area is 125 Å². The van der Waals surface area contributed by atoms with E-state index in [1.54, 1.807) is 12.1 Å². The molecule has 0 aromatic heterocycles. The van der Waals surface area contributed by atoms with Crippen LogP contribution < -0.4 is 4.74 Å². The summed E-state index contributed by atoms with van der Waals surface area (Å²) in [5.74, 6) is 2.08. The van der Waals surface area contributed by atoms with Crippen LogP contribution in [-0.4, -0.2) is 41.6 Å². The molecule has 0 amide bonds. The van der Waals surface area contributed by atoms with E-state index in [0.29, 0.717) is 11.6 Å². The monoisotopic (exact) mass is 290 g/mol. The molecule has 1 fully saturated rings. The largest absolute Gasteiger partial charge is 0.494 e. The molecule has 108 valence electrons. The third kappa shape index (κ3) is 4.16. The van der Waals surface area contributed by atoms with Crippen molar-refractivity contribution >= 4 is 11.8 Å². The van der Waals surface area contributed by atoms with Gasteiger partial charge >= 0.3 is 0 Å². The van der Waals surface area contributed by atoms with Crippen LogP contribution in [0.3, 0.4) is 0 Å². The Morgan fingerprint density at radius 2 is 2.10 bits per heavy atom. The topological polar surface area (TPSA) is 36.3 Å². The number of hydrogen-bond acceptors (Lipinski definition) is 4. The van der Waals surface area contributed by atoms with Gasteiger partial charge in [-0.1, -0.05) is 6.92 Å². The molecule has 2 atom stereocenters. The summed E-state index contributed by atoms with van der Waals surface area (Å²) in [5, 5.41) is 9.46. The first-order valence-corrected chi connectivity index (χ1v) is 8.24. The van der Waals surface area contributed by atoms with Crippen molar-refractivity contribution in [2.45, 2.75) is 31.6 Å². The number of benzene rings is 1. The zero-order valence-electron chi connectivity index (χ0n) is 12.2. The first-order valence-electron chi connectivity index (χ1n) is 7.19. The van der Waals surface area contributed by atoms with E-state index >= 15 is 0 Å². The molecule has 1 aromatic carbocycles. The van der Waals surface area contributed by atoms with Gasteiger partial charge in [0, 0.05) is 30.1 Å². The summed E-state index contributed by atoms with van der Waals surface area (Å²) >= 11 is 2.07. The third-order valence-corrected chi connectivity index (χ3v) is 5.19. The van der Waals surface area contributed by atoms with Crippen LogP contribution >= 0.6 is 11.8 Å². The van der Waals surface area contributed by atoms with E-state index in [2.05, 4.69) is 36.6 Å². The van der Waals surface area contributed by atoms with Gasteiger partial charge in [-0.05, 0) is 37.6 Å². The van der Waals surface area contributed by atoms with Gasteiger partial charge in [0.25, 0.3) is 0 Å². The lowest BCUT2D eigenvalue weighted by atomic mass is 10.2. The molecule has 1 heterocycles. The quantitative estimate of drug-likeness (QED) is 0.781. The average Bonchev–Trinajstić information content (AvgIpc) is 2.48. The molecule has 2 unspecified atom stereocenters. The van der Waals surface area contributed by atoms with Crippen LogP contribution in [0.4, 0.5) is 0 Å². The third-order valence-electron chi connectivity index (χ3n) is 3.86. The molecule has 0 aliphatic carbocycles. The fourth-order valence-electron chi connectivity index (χ4n) is 2.39. The second-order valence-electron chi connectivity index (χ2n) is 5.19. The lowest BCUT2D eigenvalue weighted by molar-refractivity contribution is 0.191. The van der Waals surface area contributed by atoms with Crippen molar-refractivity contribution in [2.75, 3.05) is 25.4 Å². The number of ether oxygens (including phenoxy) is 1. The lowest BCUT2D eigenvalue weighted by Crippen LogP contribution is -2.45. The van der Waals surface area contributed by atoms with E-state index in [-0.39, 0.29) is 0 Å². The minimum absolute atomic E-state index is 0.656. The van der Waals surface area contributed by atoms with E-state index in [4.69, 9.17) is 10.00 Å². The lowest BCUT2D eigenvalue weighted by Gasteiger charge is -2.37. The number of nitriles is 1. The summed E-state index contributed by atoms with van der Waals surface area (Å²) in [6, 6.07) is 10.1. The molecule has 1 aliphatic heterocycles. The highest BCUT2D eigenvalue weighted by atomic mass is 32.2. The van der Waals surface area contributed by atoms with Crippen LogP contribution in [0.25, 0.3) is 0 Å². The van der Waals surface area contributed by atoms with Gasteiger partial charge in [-0.2, -0.15) is 17.0 Å². The summed E-state index contributed by atoms with van der Waals surface area (Å²) in [4.78, 5) is 2.56. The first-order chi connectivity index (χ1) is 9.70. The van der Waals surface area contributed by atoms with E-state index in [1.165, 1.54) is 12.3 Å². The standard InChI is InChI=1S/C16H22N2OS/c1-13-14(2)20-11-9-18(13)8-3-10-19-16-6-4-15(12-17)5-7-16/h4-7,13-14H,3,8-11H2,1-2H3. The van der Waals surface area contributed by atoms with Gasteiger partial charge < -0.3 is 4.74 Å². The summed E-state index contributed by atoms with van der Waals surface area (Å²) in [6.07, 6.45) is 1.04. The number of thioether (sulfide) groups is 1. The zero-order valence-corrected chi connectivity index (χ0v) is 13.0. The number of rotatable bonds is 5. The molecule has 2 rings (SSSR count). The van der Waals surface area contributed by atoms with Crippen LogP contribution in [-0.2, 0) is 0 Å². The summed E-state index contributed by atoms with van der Waals surface area (Å²) in [5.41, 5.74) is 0.672. The SMILES string of the molecule is CC1SCCN(CCCOc2ccc(C#N)cc2)C1C. The minimum atomic E-state index is 0.656. The maximum absolute atomic E-state index is 8.74. The van der Waals surface area contributed by atoms with Gasteiger partial charge in [0.05, 0.1) is 18.2 Å². The maximum Gasteiger partial charge on any atom is 0.119 e. The van der Waals surface area contributed by atoms with E-state index < -0.39 is 0 Å². The van der Waals surface area contributed by atoms with Crippen LogP contribution in [0.1, 0.15) is 25.8 Å². The van der Waals surface area contributed by atoms with Crippen molar-refractivity contribution in [2.24, 2.45) is 0 Å². The maximum atomic E-state index is 8.74. The Morgan fingerprint density at radius 1 is 1.35 bits per heavy atom. The molecule has 0 saturated carbocycles. The van der Waals surface area contributed by atoms with Crippen molar-refractivity contribution in [1.82, 2.24) is 4.90 Å². The molecule has 1 saturated heterocycles. The Kier molecular flexibility index (Phi) is 5.75. The van der Waals surface area contributed by atoms with Gasteiger partial charge in [-0.25, -0.2) is 0 Å². The second-order valence-corrected chi connectivity index (χ2v) is 6.68. The Morgan fingerprint density at radius 3 is 2.80 bits per heavy atom. The average molecular weight is 290 g/mol. The van der Waals surface area contributed by atoms with E-state index in [0.717, 1.165) is 30.6 Å². The summed E-state index contributed by atoms with van der Waals surface area (Å²) in [6.45, 7) is 7.65. The highest BCUT2D eigenvalue weighted by Crippen LogP contribution is 2.24. The smallest absolute Gasteiger partial charge is 0.119 e. The normalized spacial score (nSPS) is 23.2. The highest BCUT2D eigenvalue weighted by Gasteiger charge is 2.24. The minimum Gasteiger partial charge on any atom is -0.494 e. The predicted octanol–water partition coefficient (Wildman–Crippen LogP) is 3.15. The van der Waals surface area contributed by atoms with Crippen molar-refractivity contribution in [3.05, 3.63) is 29.8 Å². The predicted molar refractivity (Wildman–Crippen MR) is 84.2 cm³/mol. The van der Waals surface area contributed by atoms with Crippen molar-refractivity contribution in [1.29, 1.82) is 5.26 Å². The van der Waals surface area contributed by atoms with Crippen molar-refractivity contribution in [3.63, 3.8) is 0 Å². The molecule has 0 radical (unpaired) electrons. The Hall–Kier alpha value is -1.18. The van der Waals surface area contributed by atoms with Crippen LogP contribution in [0.2, 0.25) is 0 Å². The first kappa shape index (κ1) is 15.2. The van der Waals surface area contributed by atoms with Gasteiger partial charge in [0.1, 0.15) is 5.75 Å². The molecule has 0 N–H and O–H groups in total. The Bertz CT molecular complexity index is 455. The molecule has 4 heteroatoms. The molecule has 20 heavy (non-hydrogen) atoms. The molecular formula is C16H22N2OS. The van der Waals surface area contributed by atoms with Crippen molar-refractivity contribution < 1.29 is 4.74 Å².